The van der Waals surface area contributed by atoms with Gasteiger partial charge in [0.15, 0.2) is 0 Å². The van der Waals surface area contributed by atoms with Gasteiger partial charge in [0, 0.05) is 10.5 Å². The second kappa shape index (κ2) is 5.34. The highest BCUT2D eigenvalue weighted by atomic mass is 79.9. The van der Waals surface area contributed by atoms with Crippen LogP contribution in [0, 0.1) is 5.92 Å². The Labute approximate surface area is 125 Å². The number of hydrogen-bond acceptors (Lipinski definition) is 1. The highest BCUT2D eigenvalue weighted by Gasteiger charge is 2.42. The van der Waals surface area contributed by atoms with E-state index in [0.717, 1.165) is 17.3 Å². The lowest BCUT2D eigenvalue weighted by Gasteiger charge is -2.37. The average Bonchev–Trinajstić information content (AvgIpc) is 2.83. The third kappa shape index (κ3) is 2.62. The van der Waals surface area contributed by atoms with Gasteiger partial charge in [-0.3, -0.25) is 4.90 Å². The zero-order valence-corrected chi connectivity index (χ0v) is 12.7. The van der Waals surface area contributed by atoms with Crippen LogP contribution in [0.3, 0.4) is 0 Å². The Morgan fingerprint density at radius 2 is 1.80 bits per heavy atom. The van der Waals surface area contributed by atoms with Crippen molar-refractivity contribution in [1.82, 2.24) is 4.90 Å². The van der Waals surface area contributed by atoms with Crippen molar-refractivity contribution in [3.63, 3.8) is 0 Å². The number of piperidine rings is 1. The first-order valence-electron chi connectivity index (χ1n) is 7.05. The molecule has 1 unspecified atom stereocenters. The summed E-state index contributed by atoms with van der Waals surface area (Å²) in [6, 6.07) is 6.48. The van der Waals surface area contributed by atoms with Crippen LogP contribution in [0.1, 0.15) is 36.4 Å². The lowest BCUT2D eigenvalue weighted by molar-refractivity contribution is -0.186. The van der Waals surface area contributed by atoms with Crippen LogP contribution in [0.15, 0.2) is 22.7 Å². The molecule has 0 saturated carbocycles. The van der Waals surface area contributed by atoms with Crippen LogP contribution in [0.2, 0.25) is 0 Å². The van der Waals surface area contributed by atoms with E-state index in [2.05, 4.69) is 26.9 Å². The summed E-state index contributed by atoms with van der Waals surface area (Å²) in [6.45, 7) is 1.11. The van der Waals surface area contributed by atoms with Crippen molar-refractivity contribution in [2.75, 3.05) is 13.1 Å². The quantitative estimate of drug-likeness (QED) is 0.710. The molecule has 1 nitrogen and oxygen atoms in total. The van der Waals surface area contributed by atoms with Crippen molar-refractivity contribution < 1.29 is 13.2 Å². The van der Waals surface area contributed by atoms with Crippen molar-refractivity contribution in [3.8, 4) is 0 Å². The van der Waals surface area contributed by atoms with Crippen LogP contribution in [0.5, 0.6) is 0 Å². The molecule has 0 radical (unpaired) electrons. The summed E-state index contributed by atoms with van der Waals surface area (Å²) in [7, 11) is 0. The van der Waals surface area contributed by atoms with Gasteiger partial charge in [-0.15, -0.1) is 0 Å². The molecule has 0 aromatic heterocycles. The van der Waals surface area contributed by atoms with E-state index < -0.39 is 12.1 Å². The summed E-state index contributed by atoms with van der Waals surface area (Å²) in [5.41, 5.74) is 2.63. The molecule has 1 aliphatic carbocycles. The zero-order valence-electron chi connectivity index (χ0n) is 11.1. The third-order valence-corrected chi connectivity index (χ3v) is 5.36. The lowest BCUT2D eigenvalue weighted by atomic mass is 9.94. The Balaban J connectivity index is 1.71. The minimum absolute atomic E-state index is 0.239. The molecule has 1 heterocycles. The SMILES string of the molecule is FC(F)(F)C1CCN(C2CCc3c(Br)cccc32)CC1. The molecule has 1 aromatic carbocycles. The van der Waals surface area contributed by atoms with Gasteiger partial charge in [0.05, 0.1) is 5.92 Å². The van der Waals surface area contributed by atoms with Crippen LogP contribution < -0.4 is 0 Å². The van der Waals surface area contributed by atoms with Gasteiger partial charge >= 0.3 is 6.18 Å². The predicted molar refractivity (Wildman–Crippen MR) is 75.6 cm³/mol. The van der Waals surface area contributed by atoms with Gasteiger partial charge in [0.2, 0.25) is 0 Å². The largest absolute Gasteiger partial charge is 0.391 e. The number of hydrogen-bond donors (Lipinski definition) is 0. The summed E-state index contributed by atoms with van der Waals surface area (Å²) in [5, 5.41) is 0. The van der Waals surface area contributed by atoms with E-state index in [-0.39, 0.29) is 12.8 Å². The van der Waals surface area contributed by atoms with Gasteiger partial charge in [0.1, 0.15) is 0 Å². The summed E-state index contributed by atoms with van der Waals surface area (Å²) < 4.78 is 39.3. The summed E-state index contributed by atoms with van der Waals surface area (Å²) in [4.78, 5) is 2.24. The Bertz CT molecular complexity index is 492. The molecule has 1 atom stereocenters. The van der Waals surface area contributed by atoms with Gasteiger partial charge in [-0.05, 0) is 56.0 Å². The minimum Gasteiger partial charge on any atom is -0.296 e. The minimum atomic E-state index is -4.03. The number of halogens is 4. The molecule has 1 aromatic rings. The van der Waals surface area contributed by atoms with Crippen molar-refractivity contribution in [2.45, 2.75) is 37.9 Å². The fourth-order valence-electron chi connectivity index (χ4n) is 3.51. The van der Waals surface area contributed by atoms with Crippen LogP contribution in [-0.4, -0.2) is 24.2 Å². The molecule has 1 fully saturated rings. The molecule has 3 rings (SSSR count). The first-order valence-corrected chi connectivity index (χ1v) is 7.84. The summed E-state index contributed by atoms with van der Waals surface area (Å²) in [6.07, 6.45) is -1.51. The van der Waals surface area contributed by atoms with Crippen molar-refractivity contribution in [1.29, 1.82) is 0 Å². The van der Waals surface area contributed by atoms with Crippen LogP contribution in [0.4, 0.5) is 13.2 Å². The molecule has 2 aliphatic rings. The normalized spacial score (nSPS) is 24.9. The van der Waals surface area contributed by atoms with E-state index in [1.807, 2.05) is 12.1 Å². The van der Waals surface area contributed by atoms with E-state index in [1.54, 1.807) is 0 Å². The van der Waals surface area contributed by atoms with Gasteiger partial charge in [-0.25, -0.2) is 0 Å². The highest BCUT2D eigenvalue weighted by molar-refractivity contribution is 9.10. The number of likely N-dealkylation sites (tertiary alicyclic amines) is 1. The molecule has 5 heteroatoms. The maximum atomic E-state index is 12.7. The molecular formula is C15H17BrF3N. The number of alkyl halides is 3. The second-order valence-corrected chi connectivity index (χ2v) is 6.57. The number of benzene rings is 1. The van der Waals surface area contributed by atoms with E-state index in [1.165, 1.54) is 11.1 Å². The zero-order chi connectivity index (χ0) is 14.3. The van der Waals surface area contributed by atoms with Crippen molar-refractivity contribution in [3.05, 3.63) is 33.8 Å². The Morgan fingerprint density at radius 3 is 2.45 bits per heavy atom. The molecule has 0 spiro atoms. The monoisotopic (exact) mass is 347 g/mol. The molecule has 0 bridgehead atoms. The van der Waals surface area contributed by atoms with Crippen molar-refractivity contribution in [2.24, 2.45) is 5.92 Å². The second-order valence-electron chi connectivity index (χ2n) is 5.71. The van der Waals surface area contributed by atoms with Crippen LogP contribution in [0.25, 0.3) is 0 Å². The Morgan fingerprint density at radius 1 is 1.10 bits per heavy atom. The number of fused-ring (bicyclic) bond motifs is 1. The number of rotatable bonds is 1. The Kier molecular flexibility index (Phi) is 3.84. The number of nitrogens with zero attached hydrogens (tertiary/aromatic N) is 1. The molecule has 1 saturated heterocycles. The van der Waals surface area contributed by atoms with Crippen LogP contribution in [-0.2, 0) is 6.42 Å². The van der Waals surface area contributed by atoms with Crippen LogP contribution >= 0.6 is 15.9 Å². The summed E-state index contributed by atoms with van der Waals surface area (Å²) >= 11 is 3.57. The molecular weight excluding hydrogens is 331 g/mol. The molecule has 20 heavy (non-hydrogen) atoms. The van der Waals surface area contributed by atoms with Gasteiger partial charge in [-0.2, -0.15) is 13.2 Å². The highest BCUT2D eigenvalue weighted by Crippen LogP contribution is 2.42. The average molecular weight is 348 g/mol. The third-order valence-electron chi connectivity index (χ3n) is 4.62. The van der Waals surface area contributed by atoms with Crippen molar-refractivity contribution >= 4 is 15.9 Å². The fraction of sp³-hybridized carbons (Fsp3) is 0.600. The molecule has 0 N–H and O–H groups in total. The molecule has 1 aliphatic heterocycles. The maximum absolute atomic E-state index is 12.7. The standard InChI is InChI=1S/C15H17BrF3N/c16-13-3-1-2-12-11(13)4-5-14(12)20-8-6-10(7-9-20)15(17,18)19/h1-3,10,14H,4-9H2. The first kappa shape index (κ1) is 14.4. The molecule has 110 valence electrons. The van der Waals surface area contributed by atoms with E-state index in [0.29, 0.717) is 19.1 Å². The predicted octanol–water partition coefficient (Wildman–Crippen LogP) is 4.71. The molecule has 0 amide bonds. The van der Waals surface area contributed by atoms with Gasteiger partial charge in [-0.1, -0.05) is 28.1 Å². The first-order chi connectivity index (χ1) is 9.47. The fourth-order valence-corrected chi connectivity index (χ4v) is 4.09. The Hall–Kier alpha value is -0.550. The van der Waals surface area contributed by atoms with Gasteiger partial charge < -0.3 is 0 Å². The summed E-state index contributed by atoms with van der Waals surface area (Å²) in [5.74, 6) is -1.11. The van der Waals surface area contributed by atoms with E-state index >= 15 is 0 Å². The van der Waals surface area contributed by atoms with E-state index in [9.17, 15) is 13.2 Å². The maximum Gasteiger partial charge on any atom is 0.391 e. The lowest BCUT2D eigenvalue weighted by Crippen LogP contribution is -2.40. The smallest absolute Gasteiger partial charge is 0.296 e. The van der Waals surface area contributed by atoms with Gasteiger partial charge in [0.25, 0.3) is 0 Å². The topological polar surface area (TPSA) is 3.24 Å². The van der Waals surface area contributed by atoms with E-state index in [4.69, 9.17) is 0 Å².